The van der Waals surface area contributed by atoms with Crippen molar-refractivity contribution in [1.29, 1.82) is 0 Å². The minimum absolute atomic E-state index is 0.134. The van der Waals surface area contributed by atoms with E-state index in [1.807, 2.05) is 6.07 Å². The zero-order valence-electron chi connectivity index (χ0n) is 10.9. The summed E-state index contributed by atoms with van der Waals surface area (Å²) >= 11 is 0. The van der Waals surface area contributed by atoms with Crippen LogP contribution < -0.4 is 0 Å². The smallest absolute Gasteiger partial charge is 0.162 e. The SMILES string of the molecule is O[C@@H]1CC[C@H](c2cccc(F)c2F)Cc2cccnc21. The van der Waals surface area contributed by atoms with Crippen molar-refractivity contribution in [3.63, 3.8) is 0 Å². The third-order valence-electron chi connectivity index (χ3n) is 3.92. The number of fused-ring (bicyclic) bond motifs is 1. The van der Waals surface area contributed by atoms with Gasteiger partial charge in [-0.2, -0.15) is 0 Å². The number of benzene rings is 1. The Balaban J connectivity index is 1.99. The Morgan fingerprint density at radius 1 is 1.10 bits per heavy atom. The fourth-order valence-electron chi connectivity index (χ4n) is 2.89. The van der Waals surface area contributed by atoms with Crippen LogP contribution in [0.15, 0.2) is 36.5 Å². The van der Waals surface area contributed by atoms with E-state index >= 15 is 0 Å². The molecule has 0 saturated carbocycles. The highest BCUT2D eigenvalue weighted by molar-refractivity contribution is 5.30. The van der Waals surface area contributed by atoms with E-state index in [0.29, 0.717) is 30.5 Å². The van der Waals surface area contributed by atoms with Gasteiger partial charge in [-0.15, -0.1) is 0 Å². The molecule has 2 aromatic rings. The maximum absolute atomic E-state index is 13.9. The lowest BCUT2D eigenvalue weighted by Gasteiger charge is -2.16. The average molecular weight is 275 g/mol. The van der Waals surface area contributed by atoms with E-state index in [9.17, 15) is 13.9 Å². The van der Waals surface area contributed by atoms with Crippen LogP contribution in [0.2, 0.25) is 0 Å². The zero-order valence-corrected chi connectivity index (χ0v) is 10.9. The molecule has 1 heterocycles. The summed E-state index contributed by atoms with van der Waals surface area (Å²) in [5.41, 5.74) is 1.95. The highest BCUT2D eigenvalue weighted by Crippen LogP contribution is 2.36. The molecule has 1 aliphatic carbocycles. The van der Waals surface area contributed by atoms with E-state index in [4.69, 9.17) is 0 Å². The molecule has 0 amide bonds. The fourth-order valence-corrected chi connectivity index (χ4v) is 2.89. The van der Waals surface area contributed by atoms with Crippen LogP contribution in [0.25, 0.3) is 0 Å². The van der Waals surface area contributed by atoms with Gasteiger partial charge in [-0.1, -0.05) is 18.2 Å². The van der Waals surface area contributed by atoms with Gasteiger partial charge in [-0.05, 0) is 48.4 Å². The Hall–Kier alpha value is -1.81. The van der Waals surface area contributed by atoms with E-state index < -0.39 is 17.7 Å². The van der Waals surface area contributed by atoms with E-state index in [2.05, 4.69) is 4.98 Å². The third kappa shape index (κ3) is 2.31. The van der Waals surface area contributed by atoms with Gasteiger partial charge in [-0.3, -0.25) is 4.98 Å². The molecule has 1 N–H and O–H groups in total. The summed E-state index contributed by atoms with van der Waals surface area (Å²) in [5, 5.41) is 10.1. The molecule has 1 aromatic heterocycles. The highest BCUT2D eigenvalue weighted by Gasteiger charge is 2.26. The number of nitrogens with zero attached hydrogens (tertiary/aromatic N) is 1. The van der Waals surface area contributed by atoms with E-state index in [-0.39, 0.29) is 5.92 Å². The lowest BCUT2D eigenvalue weighted by Crippen LogP contribution is -2.06. The molecule has 0 saturated heterocycles. The maximum Gasteiger partial charge on any atom is 0.162 e. The van der Waals surface area contributed by atoms with Crippen molar-refractivity contribution in [3.8, 4) is 0 Å². The quantitative estimate of drug-likeness (QED) is 0.808. The number of hydrogen-bond acceptors (Lipinski definition) is 2. The summed E-state index contributed by atoms with van der Waals surface area (Å²) in [6, 6.07) is 7.97. The standard InChI is InChI=1S/C16H15F2NO/c17-13-5-1-4-12(15(13)18)10-6-7-14(20)16-11(9-10)3-2-8-19-16/h1-5,8,10,14,20H,6-7,9H2/t10-,14+/m0/s1. The molecule has 1 aliphatic rings. The Labute approximate surface area is 116 Å². The van der Waals surface area contributed by atoms with Crippen molar-refractivity contribution >= 4 is 0 Å². The number of aliphatic hydroxyl groups excluding tert-OH is 1. The van der Waals surface area contributed by atoms with Crippen molar-refractivity contribution in [2.45, 2.75) is 31.3 Å². The van der Waals surface area contributed by atoms with Crippen molar-refractivity contribution in [1.82, 2.24) is 4.98 Å². The minimum Gasteiger partial charge on any atom is -0.387 e. The molecular formula is C16H15F2NO. The molecule has 0 fully saturated rings. The molecule has 4 heteroatoms. The molecular weight excluding hydrogens is 260 g/mol. The molecule has 3 rings (SSSR count). The van der Waals surface area contributed by atoms with Gasteiger partial charge in [0.25, 0.3) is 0 Å². The molecule has 0 spiro atoms. The predicted octanol–water partition coefficient (Wildman–Crippen LogP) is 3.51. The van der Waals surface area contributed by atoms with Gasteiger partial charge < -0.3 is 5.11 Å². The van der Waals surface area contributed by atoms with E-state index in [1.54, 1.807) is 18.3 Å². The Bertz CT molecular complexity index is 630. The van der Waals surface area contributed by atoms with Crippen molar-refractivity contribution in [2.24, 2.45) is 0 Å². The first-order chi connectivity index (χ1) is 9.66. The summed E-state index contributed by atoms with van der Waals surface area (Å²) in [6.07, 6.45) is 2.70. The Morgan fingerprint density at radius 3 is 2.80 bits per heavy atom. The average Bonchev–Trinajstić information content (AvgIpc) is 2.62. The van der Waals surface area contributed by atoms with Crippen LogP contribution in [0.3, 0.4) is 0 Å². The van der Waals surface area contributed by atoms with Crippen LogP contribution >= 0.6 is 0 Å². The van der Waals surface area contributed by atoms with Crippen molar-refractivity contribution in [3.05, 3.63) is 65.0 Å². The maximum atomic E-state index is 13.9. The van der Waals surface area contributed by atoms with Crippen LogP contribution in [0.4, 0.5) is 8.78 Å². The lowest BCUT2D eigenvalue weighted by molar-refractivity contribution is 0.160. The van der Waals surface area contributed by atoms with Gasteiger partial charge in [0.15, 0.2) is 11.6 Å². The number of rotatable bonds is 1. The highest BCUT2D eigenvalue weighted by atomic mass is 19.2. The van der Waals surface area contributed by atoms with Crippen LogP contribution in [-0.2, 0) is 6.42 Å². The summed E-state index contributed by atoms with van der Waals surface area (Å²) in [6.45, 7) is 0. The number of aromatic nitrogens is 1. The predicted molar refractivity (Wildman–Crippen MR) is 71.2 cm³/mol. The van der Waals surface area contributed by atoms with Gasteiger partial charge in [0.2, 0.25) is 0 Å². The normalized spacial score (nSPS) is 22.1. The van der Waals surface area contributed by atoms with E-state index in [1.165, 1.54) is 6.07 Å². The van der Waals surface area contributed by atoms with Crippen molar-refractivity contribution < 1.29 is 13.9 Å². The zero-order chi connectivity index (χ0) is 14.1. The van der Waals surface area contributed by atoms with Crippen molar-refractivity contribution in [2.75, 3.05) is 0 Å². The number of pyridine rings is 1. The minimum atomic E-state index is -0.821. The van der Waals surface area contributed by atoms with Crippen LogP contribution in [-0.4, -0.2) is 10.1 Å². The molecule has 0 aliphatic heterocycles. The fraction of sp³-hybridized carbons (Fsp3) is 0.312. The number of aliphatic hydroxyl groups is 1. The van der Waals surface area contributed by atoms with Gasteiger partial charge in [-0.25, -0.2) is 8.78 Å². The molecule has 0 radical (unpaired) electrons. The molecule has 1 aromatic carbocycles. The number of halogens is 2. The van der Waals surface area contributed by atoms with Gasteiger partial charge in [0.05, 0.1) is 11.8 Å². The van der Waals surface area contributed by atoms with E-state index in [0.717, 1.165) is 11.6 Å². The topological polar surface area (TPSA) is 33.1 Å². The molecule has 2 atom stereocenters. The first-order valence-corrected chi connectivity index (χ1v) is 6.72. The lowest BCUT2D eigenvalue weighted by atomic mass is 9.90. The summed E-state index contributed by atoms with van der Waals surface area (Å²) < 4.78 is 27.3. The number of hydrogen-bond donors (Lipinski definition) is 1. The Morgan fingerprint density at radius 2 is 1.95 bits per heavy atom. The summed E-state index contributed by atoms with van der Waals surface area (Å²) in [7, 11) is 0. The summed E-state index contributed by atoms with van der Waals surface area (Å²) in [5.74, 6) is -1.73. The van der Waals surface area contributed by atoms with Crippen LogP contribution in [0, 0.1) is 11.6 Å². The second kappa shape index (κ2) is 5.29. The second-order valence-electron chi connectivity index (χ2n) is 5.19. The van der Waals surface area contributed by atoms with Crippen LogP contribution in [0.1, 0.15) is 41.7 Å². The molecule has 2 nitrogen and oxygen atoms in total. The monoisotopic (exact) mass is 275 g/mol. The first kappa shape index (κ1) is 13.2. The summed E-state index contributed by atoms with van der Waals surface area (Å²) in [4.78, 5) is 4.21. The third-order valence-corrected chi connectivity index (χ3v) is 3.92. The molecule has 20 heavy (non-hydrogen) atoms. The molecule has 0 bridgehead atoms. The molecule has 104 valence electrons. The largest absolute Gasteiger partial charge is 0.387 e. The van der Waals surface area contributed by atoms with Gasteiger partial charge in [0.1, 0.15) is 0 Å². The second-order valence-corrected chi connectivity index (χ2v) is 5.19. The van der Waals surface area contributed by atoms with Gasteiger partial charge >= 0.3 is 0 Å². The molecule has 0 unspecified atom stereocenters. The van der Waals surface area contributed by atoms with Gasteiger partial charge in [0, 0.05) is 6.20 Å². The Kier molecular flexibility index (Phi) is 3.49. The first-order valence-electron chi connectivity index (χ1n) is 6.72. The van der Waals surface area contributed by atoms with Crippen LogP contribution in [0.5, 0.6) is 0 Å².